The van der Waals surface area contributed by atoms with Gasteiger partial charge < -0.3 is 10.1 Å². The van der Waals surface area contributed by atoms with Crippen molar-refractivity contribution in [1.29, 1.82) is 0 Å². The van der Waals surface area contributed by atoms with Crippen molar-refractivity contribution in [3.8, 4) is 10.4 Å². The molecule has 1 aromatic carbocycles. The third-order valence-electron chi connectivity index (χ3n) is 3.71. The molecular formula is C17H20N2O2S. The average Bonchev–Trinajstić information content (AvgIpc) is 3.07. The van der Waals surface area contributed by atoms with Crippen molar-refractivity contribution < 1.29 is 9.53 Å². The molecule has 1 N–H and O–H groups in total. The van der Waals surface area contributed by atoms with Crippen molar-refractivity contribution in [1.82, 2.24) is 10.2 Å². The van der Waals surface area contributed by atoms with Crippen LogP contribution in [-0.4, -0.2) is 50.2 Å². The van der Waals surface area contributed by atoms with Crippen molar-refractivity contribution in [2.75, 3.05) is 39.4 Å². The number of morpholine rings is 1. The zero-order chi connectivity index (χ0) is 15.2. The monoisotopic (exact) mass is 316 g/mol. The number of amides is 1. The first-order valence-corrected chi connectivity index (χ1v) is 8.38. The van der Waals surface area contributed by atoms with E-state index in [1.165, 1.54) is 11.3 Å². The average molecular weight is 316 g/mol. The lowest BCUT2D eigenvalue weighted by Gasteiger charge is -2.26. The molecule has 3 rings (SSSR count). The van der Waals surface area contributed by atoms with Crippen LogP contribution < -0.4 is 5.32 Å². The summed E-state index contributed by atoms with van der Waals surface area (Å²) in [7, 11) is 0. The highest BCUT2D eigenvalue weighted by Gasteiger charge is 2.12. The Hall–Kier alpha value is -1.69. The number of carbonyl (C=O) groups is 1. The fourth-order valence-electron chi connectivity index (χ4n) is 2.46. The van der Waals surface area contributed by atoms with Crippen molar-refractivity contribution in [2.45, 2.75) is 0 Å². The Morgan fingerprint density at radius 3 is 2.68 bits per heavy atom. The third kappa shape index (κ3) is 3.94. The number of benzene rings is 1. The molecule has 0 unspecified atom stereocenters. The van der Waals surface area contributed by atoms with Gasteiger partial charge in [-0.15, -0.1) is 11.3 Å². The van der Waals surface area contributed by atoms with Crippen LogP contribution in [-0.2, 0) is 4.74 Å². The number of ether oxygens (including phenoxy) is 1. The summed E-state index contributed by atoms with van der Waals surface area (Å²) >= 11 is 1.53. The van der Waals surface area contributed by atoms with E-state index in [4.69, 9.17) is 4.74 Å². The second-order valence-electron chi connectivity index (χ2n) is 5.24. The molecule has 1 aliphatic heterocycles. The molecule has 116 valence electrons. The molecule has 1 saturated heterocycles. The van der Waals surface area contributed by atoms with Crippen LogP contribution >= 0.6 is 11.3 Å². The topological polar surface area (TPSA) is 41.6 Å². The summed E-state index contributed by atoms with van der Waals surface area (Å²) in [5.74, 6) is 0.0143. The van der Waals surface area contributed by atoms with E-state index in [2.05, 4.69) is 22.3 Å². The molecule has 0 radical (unpaired) electrons. The second kappa shape index (κ2) is 7.54. The number of hydrogen-bond acceptors (Lipinski definition) is 4. The SMILES string of the molecule is O=C(NCCN1CCOCC1)c1ccc(-c2ccccc2)s1. The van der Waals surface area contributed by atoms with Gasteiger partial charge in [-0.25, -0.2) is 0 Å². The number of carbonyl (C=O) groups excluding carboxylic acids is 1. The van der Waals surface area contributed by atoms with Crippen LogP contribution in [0.25, 0.3) is 10.4 Å². The molecular weight excluding hydrogens is 296 g/mol. The molecule has 22 heavy (non-hydrogen) atoms. The van der Waals surface area contributed by atoms with Crippen molar-refractivity contribution >= 4 is 17.2 Å². The van der Waals surface area contributed by atoms with Gasteiger partial charge in [-0.1, -0.05) is 30.3 Å². The Balaban J connectivity index is 1.51. The van der Waals surface area contributed by atoms with Crippen LogP contribution in [0.15, 0.2) is 42.5 Å². The van der Waals surface area contributed by atoms with Crippen LogP contribution in [0.4, 0.5) is 0 Å². The minimum atomic E-state index is 0.0143. The van der Waals surface area contributed by atoms with E-state index >= 15 is 0 Å². The lowest BCUT2D eigenvalue weighted by Crippen LogP contribution is -2.41. The van der Waals surface area contributed by atoms with E-state index in [0.717, 1.165) is 48.2 Å². The lowest BCUT2D eigenvalue weighted by atomic mass is 10.2. The van der Waals surface area contributed by atoms with Crippen LogP contribution in [0.3, 0.4) is 0 Å². The number of nitrogens with zero attached hydrogens (tertiary/aromatic N) is 1. The molecule has 0 aliphatic carbocycles. The van der Waals surface area contributed by atoms with E-state index in [1.54, 1.807) is 0 Å². The number of thiophene rings is 1. The third-order valence-corrected chi connectivity index (χ3v) is 4.84. The van der Waals surface area contributed by atoms with Crippen molar-refractivity contribution in [3.05, 3.63) is 47.3 Å². The maximum absolute atomic E-state index is 12.2. The summed E-state index contributed by atoms with van der Waals surface area (Å²) in [6, 6.07) is 14.1. The lowest BCUT2D eigenvalue weighted by molar-refractivity contribution is 0.0383. The molecule has 0 spiro atoms. The van der Waals surface area contributed by atoms with Gasteiger partial charge in [-0.2, -0.15) is 0 Å². The van der Waals surface area contributed by atoms with Gasteiger partial charge in [0.1, 0.15) is 0 Å². The van der Waals surface area contributed by atoms with Gasteiger partial charge in [-0.3, -0.25) is 9.69 Å². The molecule has 0 saturated carbocycles. The molecule has 0 atom stereocenters. The molecule has 1 amide bonds. The van der Waals surface area contributed by atoms with E-state index in [9.17, 15) is 4.79 Å². The zero-order valence-corrected chi connectivity index (χ0v) is 13.3. The van der Waals surface area contributed by atoms with Crippen LogP contribution in [0.2, 0.25) is 0 Å². The Labute approximate surface area is 134 Å². The summed E-state index contributed by atoms with van der Waals surface area (Å²) in [6.07, 6.45) is 0. The molecule has 4 nitrogen and oxygen atoms in total. The highest BCUT2D eigenvalue weighted by atomic mass is 32.1. The Kier molecular flexibility index (Phi) is 5.21. The normalized spacial score (nSPS) is 15.6. The standard InChI is InChI=1S/C17H20N2O2S/c20-17(18-8-9-19-10-12-21-13-11-19)16-7-6-15(22-16)14-4-2-1-3-5-14/h1-7H,8-13H2,(H,18,20). The highest BCUT2D eigenvalue weighted by molar-refractivity contribution is 7.17. The molecule has 2 aromatic rings. The molecule has 1 aliphatic rings. The maximum atomic E-state index is 12.2. The highest BCUT2D eigenvalue weighted by Crippen LogP contribution is 2.27. The quantitative estimate of drug-likeness (QED) is 0.921. The number of nitrogens with one attached hydrogen (secondary N) is 1. The minimum Gasteiger partial charge on any atom is -0.379 e. The van der Waals surface area contributed by atoms with Crippen molar-refractivity contribution in [2.24, 2.45) is 0 Å². The summed E-state index contributed by atoms with van der Waals surface area (Å²) in [6.45, 7) is 5.04. The predicted molar refractivity (Wildman–Crippen MR) is 89.3 cm³/mol. The van der Waals surface area contributed by atoms with Crippen LogP contribution in [0.5, 0.6) is 0 Å². The Bertz CT molecular complexity index is 606. The summed E-state index contributed by atoms with van der Waals surface area (Å²) in [4.78, 5) is 16.4. The number of rotatable bonds is 5. The van der Waals surface area contributed by atoms with Gasteiger partial charge in [0.05, 0.1) is 18.1 Å². The van der Waals surface area contributed by atoms with Gasteiger partial charge in [0.2, 0.25) is 0 Å². The van der Waals surface area contributed by atoms with E-state index in [-0.39, 0.29) is 5.91 Å². The molecule has 0 bridgehead atoms. The molecule has 5 heteroatoms. The zero-order valence-electron chi connectivity index (χ0n) is 12.5. The van der Waals surface area contributed by atoms with Gasteiger partial charge >= 0.3 is 0 Å². The molecule has 1 fully saturated rings. The van der Waals surface area contributed by atoms with Gasteiger partial charge in [0.25, 0.3) is 5.91 Å². The fourth-order valence-corrected chi connectivity index (χ4v) is 3.38. The Morgan fingerprint density at radius 2 is 1.91 bits per heavy atom. The first-order chi connectivity index (χ1) is 10.8. The summed E-state index contributed by atoms with van der Waals surface area (Å²) in [5.41, 5.74) is 1.15. The molecule has 1 aromatic heterocycles. The smallest absolute Gasteiger partial charge is 0.261 e. The molecule has 2 heterocycles. The fraction of sp³-hybridized carbons (Fsp3) is 0.353. The van der Waals surface area contributed by atoms with Gasteiger partial charge in [-0.05, 0) is 17.7 Å². The van der Waals surface area contributed by atoms with Crippen LogP contribution in [0, 0.1) is 0 Å². The van der Waals surface area contributed by atoms with E-state index in [1.807, 2.05) is 30.3 Å². The maximum Gasteiger partial charge on any atom is 0.261 e. The van der Waals surface area contributed by atoms with E-state index in [0.29, 0.717) is 6.54 Å². The first kappa shape index (κ1) is 15.2. The van der Waals surface area contributed by atoms with Gasteiger partial charge in [0, 0.05) is 31.1 Å². The van der Waals surface area contributed by atoms with E-state index < -0.39 is 0 Å². The van der Waals surface area contributed by atoms with Crippen molar-refractivity contribution in [3.63, 3.8) is 0 Å². The largest absolute Gasteiger partial charge is 0.379 e. The summed E-state index contributed by atoms with van der Waals surface area (Å²) < 4.78 is 5.31. The van der Waals surface area contributed by atoms with Crippen LogP contribution in [0.1, 0.15) is 9.67 Å². The number of hydrogen-bond donors (Lipinski definition) is 1. The Morgan fingerprint density at radius 1 is 1.14 bits per heavy atom. The summed E-state index contributed by atoms with van der Waals surface area (Å²) in [5, 5.41) is 3.00. The predicted octanol–water partition coefficient (Wildman–Crippen LogP) is 2.48. The first-order valence-electron chi connectivity index (χ1n) is 7.56. The van der Waals surface area contributed by atoms with Gasteiger partial charge in [0.15, 0.2) is 0 Å². The second-order valence-corrected chi connectivity index (χ2v) is 6.32. The minimum absolute atomic E-state index is 0.0143.